The van der Waals surface area contributed by atoms with E-state index < -0.39 is 0 Å². The van der Waals surface area contributed by atoms with Crippen molar-refractivity contribution in [3.05, 3.63) is 69.2 Å². The maximum Gasteiger partial charge on any atom is 0.273 e. The number of methoxy groups -OCH3 is 1. The number of hydrogen-bond acceptors (Lipinski definition) is 6. The van der Waals surface area contributed by atoms with Gasteiger partial charge in [-0.2, -0.15) is 0 Å². The predicted octanol–water partition coefficient (Wildman–Crippen LogP) is 2.37. The number of thiazole rings is 1. The number of amides is 1. The van der Waals surface area contributed by atoms with Crippen molar-refractivity contribution in [3.63, 3.8) is 0 Å². The highest BCUT2D eigenvalue weighted by Crippen LogP contribution is 2.28. The lowest BCUT2D eigenvalue weighted by molar-refractivity contribution is -0.119. The summed E-state index contributed by atoms with van der Waals surface area (Å²) in [5.41, 5.74) is 0.129. The van der Waals surface area contributed by atoms with Gasteiger partial charge < -0.3 is 4.74 Å². The summed E-state index contributed by atoms with van der Waals surface area (Å²) in [5.74, 6) is -0.202. The molecular formula is C21H20N4O4S. The maximum atomic E-state index is 13.0. The second kappa shape index (κ2) is 8.60. The molecule has 0 unspecified atom stereocenters. The van der Waals surface area contributed by atoms with E-state index in [4.69, 9.17) is 4.74 Å². The fourth-order valence-electron chi connectivity index (χ4n) is 3.23. The highest BCUT2D eigenvalue weighted by molar-refractivity contribution is 7.22. The molecule has 2 heterocycles. The number of aromatic nitrogens is 3. The molecule has 1 amide bonds. The Morgan fingerprint density at radius 2 is 1.87 bits per heavy atom. The van der Waals surface area contributed by atoms with Crippen molar-refractivity contribution in [2.45, 2.75) is 13.0 Å². The van der Waals surface area contributed by atoms with Crippen LogP contribution < -0.4 is 16.0 Å². The van der Waals surface area contributed by atoms with Gasteiger partial charge in [-0.05, 0) is 24.3 Å². The van der Waals surface area contributed by atoms with Gasteiger partial charge in [-0.25, -0.2) is 9.67 Å². The van der Waals surface area contributed by atoms with Crippen LogP contribution in [0.3, 0.4) is 0 Å². The third-order valence-corrected chi connectivity index (χ3v) is 5.83. The third-order valence-electron chi connectivity index (χ3n) is 4.77. The number of aryl methyl sites for hydroxylation is 1. The number of carbonyl (C=O) groups is 1. The van der Waals surface area contributed by atoms with Gasteiger partial charge >= 0.3 is 0 Å². The highest BCUT2D eigenvalue weighted by Gasteiger charge is 2.20. The summed E-state index contributed by atoms with van der Waals surface area (Å²) in [6.45, 7) is 0.763. The molecule has 4 rings (SSSR count). The molecule has 30 heavy (non-hydrogen) atoms. The first-order valence-corrected chi connectivity index (χ1v) is 10.3. The molecule has 0 bridgehead atoms. The molecule has 154 valence electrons. The van der Waals surface area contributed by atoms with Crippen LogP contribution in [0, 0.1) is 0 Å². The van der Waals surface area contributed by atoms with Crippen molar-refractivity contribution in [2.24, 2.45) is 0 Å². The minimum atomic E-state index is -0.361. The molecule has 0 aliphatic heterocycles. The molecule has 2 aromatic heterocycles. The minimum absolute atomic E-state index is 0.0355. The largest absolute Gasteiger partial charge is 0.383 e. The van der Waals surface area contributed by atoms with Crippen LogP contribution in [0.4, 0.5) is 5.13 Å². The number of rotatable bonds is 7. The molecule has 1 N–H and O–H groups in total. The molecule has 0 atom stereocenters. The molecule has 0 saturated carbocycles. The van der Waals surface area contributed by atoms with Crippen LogP contribution in [-0.4, -0.2) is 40.9 Å². The smallest absolute Gasteiger partial charge is 0.273 e. The molecule has 4 aromatic rings. The molecule has 0 saturated heterocycles. The van der Waals surface area contributed by atoms with E-state index >= 15 is 0 Å². The number of fused-ring (bicyclic) bond motifs is 2. The summed E-state index contributed by atoms with van der Waals surface area (Å²) < 4.78 is 7.32. The van der Waals surface area contributed by atoms with E-state index in [0.29, 0.717) is 29.1 Å². The Kier molecular flexibility index (Phi) is 5.73. The fourth-order valence-corrected chi connectivity index (χ4v) is 4.24. The number of H-pyrrole nitrogens is 1. The van der Waals surface area contributed by atoms with E-state index in [2.05, 4.69) is 10.1 Å². The van der Waals surface area contributed by atoms with E-state index in [0.717, 1.165) is 10.2 Å². The number of aromatic amines is 1. The van der Waals surface area contributed by atoms with Gasteiger partial charge in [0.2, 0.25) is 5.91 Å². The van der Waals surface area contributed by atoms with Gasteiger partial charge in [0, 0.05) is 13.5 Å². The summed E-state index contributed by atoms with van der Waals surface area (Å²) >= 11 is 1.43. The van der Waals surface area contributed by atoms with E-state index in [9.17, 15) is 14.4 Å². The Labute approximate surface area is 175 Å². The summed E-state index contributed by atoms with van der Waals surface area (Å²) in [4.78, 5) is 44.0. The Balaban J connectivity index is 1.59. The van der Waals surface area contributed by atoms with Crippen molar-refractivity contribution in [2.75, 3.05) is 25.2 Å². The molecule has 0 radical (unpaired) electrons. The molecule has 0 aliphatic rings. The van der Waals surface area contributed by atoms with Crippen LogP contribution in [0.1, 0.15) is 6.42 Å². The standard InChI is InChI=1S/C21H20N4O4S/c1-29-13-12-24(21-22-16-8-4-5-9-17(16)30-21)18(26)10-11-25-20(28)15-7-3-2-6-14(15)19(27)23-25/h2-9H,10-13H2,1H3,(H,23,27). The Morgan fingerprint density at radius 3 is 2.63 bits per heavy atom. The van der Waals surface area contributed by atoms with Gasteiger partial charge in [0.1, 0.15) is 0 Å². The Morgan fingerprint density at radius 1 is 1.13 bits per heavy atom. The van der Waals surface area contributed by atoms with Crippen molar-refractivity contribution in [3.8, 4) is 0 Å². The van der Waals surface area contributed by atoms with E-state index in [-0.39, 0.29) is 30.0 Å². The molecule has 8 nitrogen and oxygen atoms in total. The number of para-hydroxylation sites is 1. The van der Waals surface area contributed by atoms with Crippen LogP contribution in [-0.2, 0) is 16.1 Å². The molecule has 0 spiro atoms. The van der Waals surface area contributed by atoms with Gasteiger partial charge in [0.25, 0.3) is 11.1 Å². The third kappa shape index (κ3) is 3.89. The second-order valence-electron chi connectivity index (χ2n) is 6.70. The lowest BCUT2D eigenvalue weighted by Crippen LogP contribution is -2.36. The number of nitrogens with one attached hydrogen (secondary N) is 1. The summed E-state index contributed by atoms with van der Waals surface area (Å²) in [5, 5.41) is 3.80. The number of carbonyl (C=O) groups excluding carboxylic acids is 1. The highest BCUT2D eigenvalue weighted by atomic mass is 32.1. The second-order valence-corrected chi connectivity index (χ2v) is 7.70. The minimum Gasteiger partial charge on any atom is -0.383 e. The first-order valence-electron chi connectivity index (χ1n) is 9.45. The van der Waals surface area contributed by atoms with E-state index in [1.54, 1.807) is 36.3 Å². The zero-order chi connectivity index (χ0) is 21.1. The first-order chi connectivity index (χ1) is 14.6. The van der Waals surface area contributed by atoms with Crippen molar-refractivity contribution >= 4 is 43.4 Å². The average Bonchev–Trinajstić information content (AvgIpc) is 3.19. The Bertz CT molecular complexity index is 1290. The van der Waals surface area contributed by atoms with Gasteiger partial charge in [0.05, 0.1) is 40.7 Å². The topological polar surface area (TPSA) is 97.3 Å². The number of ether oxygens (including phenoxy) is 1. The van der Waals surface area contributed by atoms with Gasteiger partial charge in [0.15, 0.2) is 5.13 Å². The van der Waals surface area contributed by atoms with E-state index in [1.807, 2.05) is 24.3 Å². The van der Waals surface area contributed by atoms with Gasteiger partial charge in [-0.15, -0.1) is 0 Å². The molecule has 9 heteroatoms. The molecular weight excluding hydrogens is 404 g/mol. The normalized spacial score (nSPS) is 11.2. The van der Waals surface area contributed by atoms with Crippen LogP contribution in [0.25, 0.3) is 21.0 Å². The predicted molar refractivity (Wildman–Crippen MR) is 117 cm³/mol. The fraction of sp³-hybridized carbons (Fsp3) is 0.238. The maximum absolute atomic E-state index is 13.0. The summed E-state index contributed by atoms with van der Waals surface area (Å²) in [6.07, 6.45) is 0.0355. The van der Waals surface area contributed by atoms with Crippen LogP contribution in [0.5, 0.6) is 0 Å². The van der Waals surface area contributed by atoms with E-state index in [1.165, 1.54) is 16.0 Å². The number of anilines is 1. The van der Waals surface area contributed by atoms with Crippen LogP contribution >= 0.6 is 11.3 Å². The van der Waals surface area contributed by atoms with Gasteiger partial charge in [-0.3, -0.25) is 24.4 Å². The monoisotopic (exact) mass is 424 g/mol. The molecule has 2 aromatic carbocycles. The number of hydrogen-bond donors (Lipinski definition) is 1. The molecule has 0 fully saturated rings. The van der Waals surface area contributed by atoms with Gasteiger partial charge in [-0.1, -0.05) is 35.6 Å². The van der Waals surface area contributed by atoms with Crippen LogP contribution in [0.15, 0.2) is 58.1 Å². The van der Waals surface area contributed by atoms with Crippen molar-refractivity contribution in [1.29, 1.82) is 0 Å². The van der Waals surface area contributed by atoms with Crippen molar-refractivity contribution in [1.82, 2.24) is 14.8 Å². The first kappa shape index (κ1) is 20.0. The number of benzene rings is 2. The zero-order valence-corrected chi connectivity index (χ0v) is 17.1. The zero-order valence-electron chi connectivity index (χ0n) is 16.3. The lowest BCUT2D eigenvalue weighted by Gasteiger charge is -2.19. The summed E-state index contributed by atoms with van der Waals surface area (Å²) in [6, 6.07) is 14.3. The SMILES string of the molecule is COCCN(C(=O)CCn1[nH]c(=O)c2ccccc2c1=O)c1nc2ccccc2s1. The average molecular weight is 424 g/mol. The van der Waals surface area contributed by atoms with Crippen LogP contribution in [0.2, 0.25) is 0 Å². The number of nitrogens with zero attached hydrogens (tertiary/aromatic N) is 3. The summed E-state index contributed by atoms with van der Waals surface area (Å²) in [7, 11) is 1.57. The lowest BCUT2D eigenvalue weighted by atomic mass is 10.2. The molecule has 0 aliphatic carbocycles. The quantitative estimate of drug-likeness (QED) is 0.491. The van der Waals surface area contributed by atoms with Crippen molar-refractivity contribution < 1.29 is 9.53 Å². The Hall–Kier alpha value is -3.30.